The van der Waals surface area contributed by atoms with E-state index in [2.05, 4.69) is 0 Å². The van der Waals surface area contributed by atoms with Crippen LogP contribution in [0.3, 0.4) is 0 Å². The highest BCUT2D eigenvalue weighted by atomic mass is 35.5. The molecule has 16 heavy (non-hydrogen) atoms. The summed E-state index contributed by atoms with van der Waals surface area (Å²) in [6.45, 7) is 0. The number of halogens is 2. The van der Waals surface area contributed by atoms with Gasteiger partial charge in [-0.1, -0.05) is 23.7 Å². The van der Waals surface area contributed by atoms with Crippen LogP contribution < -0.4 is 0 Å². The van der Waals surface area contributed by atoms with Crippen molar-refractivity contribution < 1.29 is 9.50 Å². The van der Waals surface area contributed by atoms with Gasteiger partial charge in [-0.05, 0) is 34.0 Å². The molecular weight excluding hydrogens is 247 g/mol. The Balaban J connectivity index is 2.18. The molecule has 1 nitrogen and oxygen atoms in total. The summed E-state index contributed by atoms with van der Waals surface area (Å²) in [6.07, 6.45) is -0.442. The summed E-state index contributed by atoms with van der Waals surface area (Å²) in [5.41, 5.74) is 1.25. The Morgan fingerprint density at radius 1 is 1.38 bits per heavy atom. The molecule has 0 aliphatic heterocycles. The van der Waals surface area contributed by atoms with Gasteiger partial charge in [-0.25, -0.2) is 4.39 Å². The van der Waals surface area contributed by atoms with Gasteiger partial charge in [-0.3, -0.25) is 0 Å². The summed E-state index contributed by atoms with van der Waals surface area (Å²) in [6, 6.07) is 6.65. The number of hydrogen-bond acceptors (Lipinski definition) is 2. The first-order valence-electron chi connectivity index (χ1n) is 4.81. The van der Waals surface area contributed by atoms with Gasteiger partial charge in [0.25, 0.3) is 0 Å². The van der Waals surface area contributed by atoms with E-state index >= 15 is 0 Å². The Morgan fingerprint density at radius 2 is 2.19 bits per heavy atom. The molecule has 1 atom stereocenters. The highest BCUT2D eigenvalue weighted by Crippen LogP contribution is 2.24. The second-order valence-corrected chi connectivity index (χ2v) is 4.68. The Morgan fingerprint density at radius 3 is 2.88 bits per heavy atom. The van der Waals surface area contributed by atoms with E-state index in [0.29, 0.717) is 5.56 Å². The van der Waals surface area contributed by atoms with Crippen molar-refractivity contribution in [2.45, 2.75) is 12.5 Å². The van der Waals surface area contributed by atoms with Crippen molar-refractivity contribution in [2.24, 2.45) is 0 Å². The maximum Gasteiger partial charge on any atom is 0.145 e. The van der Waals surface area contributed by atoms with Crippen LogP contribution in [0.2, 0.25) is 5.02 Å². The molecule has 0 saturated carbocycles. The SMILES string of the molecule is OC(Cc1cccc(Cl)c1F)c1ccsc1. The van der Waals surface area contributed by atoms with Crippen molar-refractivity contribution in [3.63, 3.8) is 0 Å². The molecule has 1 aromatic carbocycles. The van der Waals surface area contributed by atoms with Crippen molar-refractivity contribution in [3.05, 3.63) is 57.0 Å². The van der Waals surface area contributed by atoms with Gasteiger partial charge in [0.05, 0.1) is 11.1 Å². The molecule has 0 fully saturated rings. The molecule has 0 radical (unpaired) electrons. The normalized spacial score (nSPS) is 12.7. The van der Waals surface area contributed by atoms with Gasteiger partial charge in [0.2, 0.25) is 0 Å². The molecule has 0 bridgehead atoms. The second kappa shape index (κ2) is 4.95. The van der Waals surface area contributed by atoms with Crippen molar-refractivity contribution in [3.8, 4) is 0 Å². The van der Waals surface area contributed by atoms with E-state index in [4.69, 9.17) is 11.6 Å². The average molecular weight is 257 g/mol. The second-order valence-electron chi connectivity index (χ2n) is 3.49. The summed E-state index contributed by atoms with van der Waals surface area (Å²) in [4.78, 5) is 0. The first-order valence-corrected chi connectivity index (χ1v) is 6.13. The monoisotopic (exact) mass is 256 g/mol. The van der Waals surface area contributed by atoms with Crippen LogP contribution in [-0.2, 0) is 6.42 Å². The molecular formula is C12H10ClFOS. The first-order chi connectivity index (χ1) is 7.68. The molecule has 1 aromatic heterocycles. The lowest BCUT2D eigenvalue weighted by atomic mass is 10.0. The van der Waals surface area contributed by atoms with E-state index in [1.807, 2.05) is 16.8 Å². The maximum atomic E-state index is 13.6. The Hall–Kier alpha value is -0.900. The van der Waals surface area contributed by atoms with Gasteiger partial charge in [0.1, 0.15) is 5.82 Å². The quantitative estimate of drug-likeness (QED) is 0.885. The van der Waals surface area contributed by atoms with Crippen LogP contribution >= 0.6 is 22.9 Å². The summed E-state index contributed by atoms with van der Waals surface area (Å²) in [7, 11) is 0. The smallest absolute Gasteiger partial charge is 0.145 e. The van der Waals surface area contributed by atoms with Crippen molar-refractivity contribution in [2.75, 3.05) is 0 Å². The Labute approximate surface area is 102 Å². The molecule has 1 N–H and O–H groups in total. The highest BCUT2D eigenvalue weighted by Gasteiger charge is 2.13. The van der Waals surface area contributed by atoms with Crippen LogP contribution in [0.25, 0.3) is 0 Å². The van der Waals surface area contributed by atoms with Gasteiger partial charge in [0, 0.05) is 6.42 Å². The van der Waals surface area contributed by atoms with E-state index in [-0.39, 0.29) is 11.4 Å². The van der Waals surface area contributed by atoms with E-state index in [0.717, 1.165) is 5.56 Å². The molecule has 0 saturated heterocycles. The Kier molecular flexibility index (Phi) is 3.59. The van der Waals surface area contributed by atoms with Gasteiger partial charge >= 0.3 is 0 Å². The van der Waals surface area contributed by atoms with Crippen LogP contribution in [0.4, 0.5) is 4.39 Å². The highest BCUT2D eigenvalue weighted by molar-refractivity contribution is 7.07. The standard InChI is InChI=1S/C12H10ClFOS/c13-10-3-1-2-8(12(10)14)6-11(15)9-4-5-16-7-9/h1-5,7,11,15H,6H2. The zero-order chi connectivity index (χ0) is 11.5. The topological polar surface area (TPSA) is 20.2 Å². The van der Waals surface area contributed by atoms with Gasteiger partial charge in [-0.2, -0.15) is 11.3 Å². The average Bonchev–Trinajstić information content (AvgIpc) is 2.78. The van der Waals surface area contributed by atoms with Crippen LogP contribution in [0.5, 0.6) is 0 Å². The number of aliphatic hydroxyl groups is 1. The molecule has 84 valence electrons. The third-order valence-corrected chi connectivity index (χ3v) is 3.37. The third kappa shape index (κ3) is 2.43. The fourth-order valence-electron chi connectivity index (χ4n) is 1.50. The predicted molar refractivity (Wildman–Crippen MR) is 64.4 cm³/mol. The van der Waals surface area contributed by atoms with Gasteiger partial charge < -0.3 is 5.11 Å². The fraction of sp³-hybridized carbons (Fsp3) is 0.167. The summed E-state index contributed by atoms with van der Waals surface area (Å²) in [5.74, 6) is -0.446. The zero-order valence-corrected chi connectivity index (χ0v) is 9.93. The van der Waals surface area contributed by atoms with Crippen molar-refractivity contribution in [1.29, 1.82) is 0 Å². The number of benzene rings is 1. The lowest BCUT2D eigenvalue weighted by Gasteiger charge is -2.10. The first kappa shape index (κ1) is 11.6. The summed E-state index contributed by atoms with van der Waals surface area (Å²) < 4.78 is 13.6. The number of hydrogen-bond donors (Lipinski definition) is 1. The molecule has 1 heterocycles. The van der Waals surface area contributed by atoms with Crippen LogP contribution in [0.15, 0.2) is 35.0 Å². The van der Waals surface area contributed by atoms with E-state index < -0.39 is 11.9 Å². The molecule has 4 heteroatoms. The van der Waals surface area contributed by atoms with E-state index in [1.165, 1.54) is 17.4 Å². The summed E-state index contributed by atoms with van der Waals surface area (Å²) >= 11 is 7.17. The molecule has 1 unspecified atom stereocenters. The molecule has 0 amide bonds. The molecule has 2 rings (SSSR count). The lowest BCUT2D eigenvalue weighted by molar-refractivity contribution is 0.177. The largest absolute Gasteiger partial charge is 0.388 e. The fourth-order valence-corrected chi connectivity index (χ4v) is 2.40. The minimum absolute atomic E-state index is 0.0926. The minimum Gasteiger partial charge on any atom is -0.388 e. The van der Waals surface area contributed by atoms with Gasteiger partial charge in [-0.15, -0.1) is 0 Å². The third-order valence-electron chi connectivity index (χ3n) is 2.37. The van der Waals surface area contributed by atoms with Crippen LogP contribution in [-0.4, -0.2) is 5.11 Å². The van der Waals surface area contributed by atoms with Crippen LogP contribution in [0.1, 0.15) is 17.2 Å². The molecule has 0 aliphatic carbocycles. The molecule has 0 aliphatic rings. The van der Waals surface area contributed by atoms with Crippen molar-refractivity contribution in [1.82, 2.24) is 0 Å². The van der Waals surface area contributed by atoms with Crippen LogP contribution in [0, 0.1) is 5.82 Å². The number of thiophene rings is 1. The predicted octanol–water partition coefficient (Wildman–Crippen LogP) is 3.82. The molecule has 2 aromatic rings. The van der Waals surface area contributed by atoms with Gasteiger partial charge in [0.15, 0.2) is 0 Å². The summed E-state index contributed by atoms with van der Waals surface area (Å²) in [5, 5.41) is 13.7. The van der Waals surface area contributed by atoms with E-state index in [1.54, 1.807) is 12.1 Å². The maximum absolute atomic E-state index is 13.6. The lowest BCUT2D eigenvalue weighted by Crippen LogP contribution is -2.02. The van der Waals surface area contributed by atoms with E-state index in [9.17, 15) is 9.50 Å². The number of rotatable bonds is 3. The number of aliphatic hydroxyl groups excluding tert-OH is 1. The Bertz CT molecular complexity index is 470. The van der Waals surface area contributed by atoms with Crippen molar-refractivity contribution >= 4 is 22.9 Å². The minimum atomic E-state index is -0.681. The molecule has 0 spiro atoms. The zero-order valence-electron chi connectivity index (χ0n) is 8.36.